The van der Waals surface area contributed by atoms with E-state index >= 15 is 0 Å². The molecule has 0 spiro atoms. The number of rotatable bonds is 7. The maximum atomic E-state index is 13.5. The van der Waals surface area contributed by atoms with E-state index in [2.05, 4.69) is 9.88 Å². The summed E-state index contributed by atoms with van der Waals surface area (Å²) in [5.74, 6) is -0.768. The van der Waals surface area contributed by atoms with E-state index in [0.29, 0.717) is 48.2 Å². The molecule has 1 atom stereocenters. The van der Waals surface area contributed by atoms with Crippen LogP contribution in [-0.4, -0.2) is 78.1 Å². The molecule has 1 aromatic heterocycles. The van der Waals surface area contributed by atoms with E-state index in [0.717, 1.165) is 18.1 Å². The lowest BCUT2D eigenvalue weighted by Crippen LogP contribution is -2.43. The van der Waals surface area contributed by atoms with Crippen LogP contribution < -0.4 is 4.74 Å². The van der Waals surface area contributed by atoms with Gasteiger partial charge in [-0.15, -0.1) is 11.3 Å². The Bertz CT molecular complexity index is 1060. The summed E-state index contributed by atoms with van der Waals surface area (Å²) in [7, 11) is 1.57. The molecule has 1 aromatic carbocycles. The van der Waals surface area contributed by atoms with Crippen LogP contribution in [0.15, 0.2) is 35.6 Å². The number of ketones is 1. The van der Waals surface area contributed by atoms with Crippen molar-refractivity contribution in [3.8, 4) is 5.75 Å². The highest BCUT2D eigenvalue weighted by molar-refractivity contribution is 7.14. The predicted molar refractivity (Wildman–Crippen MR) is 120 cm³/mol. The number of nitrogens with zero attached hydrogens (tertiary/aromatic N) is 3. The highest BCUT2D eigenvalue weighted by Gasteiger charge is 2.44. The number of aromatic nitrogens is 1. The van der Waals surface area contributed by atoms with Crippen LogP contribution >= 0.6 is 11.3 Å². The minimum atomic E-state index is -0.701. The molecule has 4 rings (SSSR count). The van der Waals surface area contributed by atoms with Crippen LogP contribution in [0.1, 0.15) is 32.0 Å². The molecule has 0 aliphatic carbocycles. The maximum absolute atomic E-state index is 13.5. The number of amides is 1. The molecule has 2 aliphatic rings. The van der Waals surface area contributed by atoms with Crippen molar-refractivity contribution < 1.29 is 24.2 Å². The van der Waals surface area contributed by atoms with Gasteiger partial charge in [0.05, 0.1) is 47.5 Å². The lowest BCUT2D eigenvalue weighted by atomic mass is 9.95. The highest BCUT2D eigenvalue weighted by atomic mass is 32.1. The van der Waals surface area contributed by atoms with Gasteiger partial charge in [0, 0.05) is 26.2 Å². The van der Waals surface area contributed by atoms with Crippen molar-refractivity contribution in [1.82, 2.24) is 14.8 Å². The van der Waals surface area contributed by atoms with Gasteiger partial charge in [-0.1, -0.05) is 12.1 Å². The number of hydrogen-bond donors (Lipinski definition) is 1. The van der Waals surface area contributed by atoms with Crippen molar-refractivity contribution >= 4 is 23.0 Å². The smallest absolute Gasteiger partial charge is 0.290 e. The molecule has 1 fully saturated rings. The number of benzene rings is 1. The zero-order valence-corrected chi connectivity index (χ0v) is 19.3. The first-order chi connectivity index (χ1) is 15.4. The molecular weight excluding hydrogens is 430 g/mol. The highest BCUT2D eigenvalue weighted by Crippen LogP contribution is 2.40. The monoisotopic (exact) mass is 457 g/mol. The fourth-order valence-corrected chi connectivity index (χ4v) is 5.09. The van der Waals surface area contributed by atoms with Gasteiger partial charge in [-0.25, -0.2) is 4.98 Å². The van der Waals surface area contributed by atoms with Crippen LogP contribution in [-0.2, 0) is 9.53 Å². The van der Waals surface area contributed by atoms with E-state index in [1.165, 1.54) is 11.3 Å². The van der Waals surface area contributed by atoms with Crippen LogP contribution in [0.3, 0.4) is 0 Å². The lowest BCUT2D eigenvalue weighted by Gasteiger charge is -2.31. The van der Waals surface area contributed by atoms with E-state index < -0.39 is 17.7 Å². The standard InChI is InChI=1S/C23H27N3O5S/c1-14-22(32-15(2)24-14)20(27)18-19(16-5-4-6-17(13-16)30-3)26(23(29)21(18)28)8-7-25-9-11-31-12-10-25/h4-6,13,19,28H,7-12H2,1-3H3/t19-/m1/s1. The number of ether oxygens (including phenoxy) is 2. The van der Waals surface area contributed by atoms with Crippen molar-refractivity contribution in [2.45, 2.75) is 19.9 Å². The Labute approximate surface area is 191 Å². The van der Waals surface area contributed by atoms with Gasteiger partial charge in [0.25, 0.3) is 5.91 Å². The number of carbonyl (C=O) groups is 2. The predicted octanol–water partition coefficient (Wildman–Crippen LogP) is 2.68. The third-order valence-corrected chi connectivity index (χ3v) is 6.90. The number of carbonyl (C=O) groups excluding carboxylic acids is 2. The van der Waals surface area contributed by atoms with Gasteiger partial charge in [-0.05, 0) is 31.5 Å². The number of morpholine rings is 1. The molecule has 32 heavy (non-hydrogen) atoms. The largest absolute Gasteiger partial charge is 0.503 e. The number of aliphatic hydroxyl groups is 1. The summed E-state index contributed by atoms with van der Waals surface area (Å²) >= 11 is 1.27. The molecule has 0 saturated carbocycles. The zero-order chi connectivity index (χ0) is 22.8. The van der Waals surface area contributed by atoms with Crippen LogP contribution in [0, 0.1) is 13.8 Å². The Kier molecular flexibility index (Phi) is 6.59. The van der Waals surface area contributed by atoms with Gasteiger partial charge in [0.1, 0.15) is 5.75 Å². The Morgan fingerprint density at radius 2 is 2.03 bits per heavy atom. The first-order valence-corrected chi connectivity index (χ1v) is 11.4. The molecule has 0 unspecified atom stereocenters. The SMILES string of the molecule is COc1cccc([C@@H]2C(C(=O)c3sc(C)nc3C)=C(O)C(=O)N2CCN2CCOCC2)c1. The summed E-state index contributed by atoms with van der Waals surface area (Å²) in [5.41, 5.74) is 1.41. The third kappa shape index (κ3) is 4.28. The first kappa shape index (κ1) is 22.4. The summed E-state index contributed by atoms with van der Waals surface area (Å²) in [6.07, 6.45) is 0. The van der Waals surface area contributed by atoms with E-state index in [4.69, 9.17) is 9.47 Å². The van der Waals surface area contributed by atoms with Gasteiger partial charge in [-0.3, -0.25) is 14.5 Å². The van der Waals surface area contributed by atoms with Crippen molar-refractivity contribution in [2.75, 3.05) is 46.5 Å². The Morgan fingerprint density at radius 1 is 1.28 bits per heavy atom. The topological polar surface area (TPSA) is 92.2 Å². The van der Waals surface area contributed by atoms with Crippen molar-refractivity contribution in [1.29, 1.82) is 0 Å². The Morgan fingerprint density at radius 3 is 2.69 bits per heavy atom. The number of hydrogen-bond acceptors (Lipinski definition) is 8. The normalized spacial score (nSPS) is 19.7. The second kappa shape index (κ2) is 9.40. The molecule has 9 heteroatoms. The van der Waals surface area contributed by atoms with E-state index in [-0.39, 0.29) is 11.4 Å². The van der Waals surface area contributed by atoms with E-state index in [9.17, 15) is 14.7 Å². The third-order valence-electron chi connectivity index (χ3n) is 5.83. The summed E-state index contributed by atoms with van der Waals surface area (Å²) in [6, 6.07) is 6.57. The van der Waals surface area contributed by atoms with Gasteiger partial charge in [0.2, 0.25) is 5.78 Å². The van der Waals surface area contributed by atoms with Crippen molar-refractivity contribution in [3.05, 3.63) is 56.7 Å². The molecule has 1 saturated heterocycles. The molecule has 2 aromatic rings. The second-order valence-corrected chi connectivity index (χ2v) is 9.07. The van der Waals surface area contributed by atoms with Crippen molar-refractivity contribution in [3.63, 3.8) is 0 Å². The number of thiazole rings is 1. The average Bonchev–Trinajstić information content (AvgIpc) is 3.27. The molecule has 1 amide bonds. The zero-order valence-electron chi connectivity index (χ0n) is 18.5. The average molecular weight is 458 g/mol. The van der Waals surface area contributed by atoms with Crippen LogP contribution in [0.5, 0.6) is 5.75 Å². The minimum absolute atomic E-state index is 0.0944. The molecule has 170 valence electrons. The van der Waals surface area contributed by atoms with E-state index in [1.807, 2.05) is 19.1 Å². The number of Topliss-reactive ketones (excluding diaryl/α,β-unsaturated/α-hetero) is 1. The van der Waals surface area contributed by atoms with Crippen LogP contribution in [0.2, 0.25) is 0 Å². The van der Waals surface area contributed by atoms with Crippen LogP contribution in [0.25, 0.3) is 0 Å². The van der Waals surface area contributed by atoms with Crippen LogP contribution in [0.4, 0.5) is 0 Å². The van der Waals surface area contributed by atoms with Crippen molar-refractivity contribution in [2.24, 2.45) is 0 Å². The summed E-state index contributed by atoms with van der Waals surface area (Å²) in [5, 5.41) is 11.6. The summed E-state index contributed by atoms with van der Waals surface area (Å²) < 4.78 is 10.8. The summed E-state index contributed by atoms with van der Waals surface area (Å²) in [4.78, 5) is 35.3. The minimum Gasteiger partial charge on any atom is -0.503 e. The molecule has 8 nitrogen and oxygen atoms in total. The Hall–Kier alpha value is -2.75. The molecule has 0 radical (unpaired) electrons. The quantitative estimate of drug-likeness (QED) is 0.639. The first-order valence-electron chi connectivity index (χ1n) is 10.6. The van der Waals surface area contributed by atoms with E-state index in [1.54, 1.807) is 31.1 Å². The summed E-state index contributed by atoms with van der Waals surface area (Å²) in [6.45, 7) is 7.49. The molecule has 3 heterocycles. The lowest BCUT2D eigenvalue weighted by molar-refractivity contribution is -0.129. The van der Waals surface area contributed by atoms with Gasteiger partial charge < -0.3 is 19.5 Å². The maximum Gasteiger partial charge on any atom is 0.290 e. The second-order valence-electron chi connectivity index (χ2n) is 7.87. The molecule has 2 aliphatic heterocycles. The van der Waals surface area contributed by atoms with Gasteiger partial charge >= 0.3 is 0 Å². The number of methoxy groups -OCH3 is 1. The fourth-order valence-electron chi connectivity index (χ4n) is 4.21. The Balaban J connectivity index is 1.71. The number of aryl methyl sites for hydroxylation is 2. The molecule has 0 bridgehead atoms. The fraction of sp³-hybridized carbons (Fsp3) is 0.435. The van der Waals surface area contributed by atoms with Gasteiger partial charge in [-0.2, -0.15) is 0 Å². The van der Waals surface area contributed by atoms with Gasteiger partial charge in [0.15, 0.2) is 5.76 Å². The molecule has 1 N–H and O–H groups in total. The molecular formula is C23H27N3O5S. The number of aliphatic hydroxyl groups excluding tert-OH is 1.